The van der Waals surface area contributed by atoms with Crippen molar-refractivity contribution in [3.05, 3.63) is 89.5 Å². The van der Waals surface area contributed by atoms with Crippen molar-refractivity contribution < 1.29 is 0 Å². The van der Waals surface area contributed by atoms with Crippen LogP contribution in [-0.2, 0) is 10.8 Å². The van der Waals surface area contributed by atoms with Gasteiger partial charge in [-0.2, -0.15) is 0 Å². The number of hydrogen-bond acceptors (Lipinski definition) is 2. The molecule has 0 N–H and O–H groups in total. The van der Waals surface area contributed by atoms with Crippen molar-refractivity contribution in [1.29, 1.82) is 0 Å². The van der Waals surface area contributed by atoms with E-state index in [2.05, 4.69) is 97.0 Å². The van der Waals surface area contributed by atoms with Crippen LogP contribution in [0.1, 0.15) is 71.6 Å². The van der Waals surface area contributed by atoms with E-state index in [1.807, 2.05) is 24.3 Å². The second-order valence-electron chi connectivity index (χ2n) is 11.3. The fraction of sp³-hybridized carbons (Fsp3) is 0.379. The zero-order chi connectivity index (χ0) is 23.1. The van der Waals surface area contributed by atoms with Gasteiger partial charge >= 0.3 is 0 Å². The average molecular weight is 425 g/mol. The van der Waals surface area contributed by atoms with Crippen LogP contribution in [0.2, 0.25) is 0 Å². The van der Waals surface area contributed by atoms with Crippen LogP contribution in [0.3, 0.4) is 0 Å². The van der Waals surface area contributed by atoms with Crippen molar-refractivity contribution in [2.45, 2.75) is 65.7 Å². The normalized spacial score (nSPS) is 13.0. The number of nitrogens with zero attached hydrogens (tertiary/aromatic N) is 3. The minimum atomic E-state index is -0.198. The predicted octanol–water partition coefficient (Wildman–Crippen LogP) is 7.26. The first kappa shape index (κ1) is 22.3. The molecule has 165 valence electrons. The summed E-state index contributed by atoms with van der Waals surface area (Å²) in [6, 6.07) is 26.9. The SMILES string of the molecule is CC(C)(C)CC(C)(C)c1cc(-n2nc3ccccc3n2)[c]c(C(C)(C)c2ccccc2)c1. The molecule has 0 unspecified atom stereocenters. The number of hydrogen-bond donors (Lipinski definition) is 0. The van der Waals surface area contributed by atoms with Crippen LogP contribution in [-0.4, -0.2) is 15.0 Å². The van der Waals surface area contributed by atoms with E-state index in [1.165, 1.54) is 11.1 Å². The van der Waals surface area contributed by atoms with Crippen molar-refractivity contribution in [2.75, 3.05) is 0 Å². The van der Waals surface area contributed by atoms with Gasteiger partial charge in [-0.1, -0.05) is 97.0 Å². The third-order valence-electron chi connectivity index (χ3n) is 6.28. The Bertz CT molecular complexity index is 1190. The first-order valence-corrected chi connectivity index (χ1v) is 11.4. The Hall–Kier alpha value is -2.94. The Morgan fingerprint density at radius 3 is 1.84 bits per heavy atom. The number of rotatable bonds is 5. The summed E-state index contributed by atoms with van der Waals surface area (Å²) in [6.45, 7) is 16.1. The molecule has 4 rings (SSSR count). The van der Waals surface area contributed by atoms with E-state index < -0.39 is 0 Å². The largest absolute Gasteiger partial charge is 0.150 e. The Balaban J connectivity index is 1.91. The predicted molar refractivity (Wildman–Crippen MR) is 133 cm³/mol. The molecule has 0 aliphatic carbocycles. The monoisotopic (exact) mass is 424 g/mol. The Labute approximate surface area is 192 Å². The molecule has 0 bridgehead atoms. The summed E-state index contributed by atoms with van der Waals surface area (Å²) in [5.74, 6) is 0. The third kappa shape index (κ3) is 4.48. The molecule has 4 aromatic rings. The van der Waals surface area contributed by atoms with Crippen LogP contribution >= 0.6 is 0 Å². The molecule has 0 atom stereocenters. The molecule has 0 amide bonds. The minimum absolute atomic E-state index is 0.00378. The van der Waals surface area contributed by atoms with Gasteiger partial charge in [0.05, 0.1) is 5.69 Å². The van der Waals surface area contributed by atoms with E-state index in [9.17, 15) is 0 Å². The highest BCUT2D eigenvalue weighted by Gasteiger charge is 2.31. The van der Waals surface area contributed by atoms with Crippen molar-refractivity contribution in [3.63, 3.8) is 0 Å². The third-order valence-corrected chi connectivity index (χ3v) is 6.28. The fourth-order valence-corrected chi connectivity index (χ4v) is 4.80. The molecular formula is C29H34N3. The molecule has 3 heteroatoms. The van der Waals surface area contributed by atoms with Crippen molar-refractivity contribution in [1.82, 2.24) is 15.0 Å². The summed E-state index contributed by atoms with van der Waals surface area (Å²) in [5.41, 5.74) is 6.41. The molecule has 0 spiro atoms. The van der Waals surface area contributed by atoms with E-state index in [4.69, 9.17) is 10.2 Å². The second-order valence-corrected chi connectivity index (χ2v) is 11.3. The van der Waals surface area contributed by atoms with Gasteiger partial charge in [-0.05, 0) is 52.1 Å². The van der Waals surface area contributed by atoms with Gasteiger partial charge in [0, 0.05) is 11.5 Å². The second kappa shape index (κ2) is 7.88. The van der Waals surface area contributed by atoms with Crippen LogP contribution in [0.4, 0.5) is 0 Å². The average Bonchev–Trinajstić information content (AvgIpc) is 3.17. The number of benzene rings is 3. The molecule has 1 aromatic heterocycles. The van der Waals surface area contributed by atoms with Gasteiger partial charge in [0.2, 0.25) is 0 Å². The van der Waals surface area contributed by atoms with E-state index in [-0.39, 0.29) is 16.2 Å². The lowest BCUT2D eigenvalue weighted by molar-refractivity contribution is 0.284. The van der Waals surface area contributed by atoms with Gasteiger partial charge in [-0.15, -0.1) is 15.0 Å². The zero-order valence-electron chi connectivity index (χ0n) is 20.4. The van der Waals surface area contributed by atoms with E-state index in [0.717, 1.165) is 28.7 Å². The van der Waals surface area contributed by atoms with Crippen molar-refractivity contribution in [3.8, 4) is 5.69 Å². The summed E-state index contributed by atoms with van der Waals surface area (Å²) >= 11 is 0. The summed E-state index contributed by atoms with van der Waals surface area (Å²) in [4.78, 5) is 1.74. The highest BCUT2D eigenvalue weighted by molar-refractivity contribution is 5.73. The van der Waals surface area contributed by atoms with Crippen LogP contribution in [0, 0.1) is 11.5 Å². The zero-order valence-corrected chi connectivity index (χ0v) is 20.4. The smallest absolute Gasteiger partial charge is 0.113 e. The molecule has 0 aliphatic heterocycles. The van der Waals surface area contributed by atoms with Crippen molar-refractivity contribution >= 4 is 11.0 Å². The van der Waals surface area contributed by atoms with E-state index in [0.29, 0.717) is 0 Å². The van der Waals surface area contributed by atoms with Crippen LogP contribution < -0.4 is 0 Å². The summed E-state index contributed by atoms with van der Waals surface area (Å²) in [5, 5.41) is 9.50. The maximum atomic E-state index is 4.75. The standard InChI is InChI=1S/C29H34N3/c1-27(2,3)20-28(4,5)22-17-23(29(6,7)21-13-9-8-10-14-21)19-24(18-22)32-30-25-15-11-12-16-26(25)31-32/h8-18H,20H2,1-7H3. The lowest BCUT2D eigenvalue weighted by atomic mass is 9.70. The number of aromatic nitrogens is 3. The lowest BCUT2D eigenvalue weighted by Gasteiger charge is -2.35. The van der Waals surface area contributed by atoms with Crippen LogP contribution in [0.25, 0.3) is 16.7 Å². The number of fused-ring (bicyclic) bond motifs is 1. The van der Waals surface area contributed by atoms with Crippen LogP contribution in [0.5, 0.6) is 0 Å². The molecule has 0 saturated carbocycles. The summed E-state index contributed by atoms with van der Waals surface area (Å²) in [7, 11) is 0. The van der Waals surface area contributed by atoms with Gasteiger partial charge in [-0.25, -0.2) is 0 Å². The molecule has 0 aliphatic rings. The molecule has 1 radical (unpaired) electrons. The van der Waals surface area contributed by atoms with Gasteiger partial charge in [-0.3, -0.25) is 0 Å². The molecular weight excluding hydrogens is 390 g/mol. The highest BCUT2D eigenvalue weighted by atomic mass is 15.5. The van der Waals surface area contributed by atoms with Crippen molar-refractivity contribution in [2.24, 2.45) is 5.41 Å². The quantitative estimate of drug-likeness (QED) is 0.337. The molecule has 1 heterocycles. The van der Waals surface area contributed by atoms with E-state index >= 15 is 0 Å². The Morgan fingerprint density at radius 2 is 1.28 bits per heavy atom. The highest BCUT2D eigenvalue weighted by Crippen LogP contribution is 2.40. The Kier molecular flexibility index (Phi) is 5.48. The molecule has 3 aromatic carbocycles. The van der Waals surface area contributed by atoms with Gasteiger partial charge in [0.25, 0.3) is 0 Å². The van der Waals surface area contributed by atoms with Crippen LogP contribution in [0.15, 0.2) is 66.7 Å². The van der Waals surface area contributed by atoms with E-state index in [1.54, 1.807) is 4.80 Å². The van der Waals surface area contributed by atoms with Gasteiger partial charge in [0.1, 0.15) is 11.0 Å². The first-order chi connectivity index (χ1) is 15.0. The van der Waals surface area contributed by atoms with Gasteiger partial charge in [0.15, 0.2) is 0 Å². The minimum Gasteiger partial charge on any atom is -0.150 e. The fourth-order valence-electron chi connectivity index (χ4n) is 4.80. The molecule has 0 saturated heterocycles. The first-order valence-electron chi connectivity index (χ1n) is 11.4. The lowest BCUT2D eigenvalue weighted by Crippen LogP contribution is -2.27. The van der Waals surface area contributed by atoms with Gasteiger partial charge < -0.3 is 0 Å². The topological polar surface area (TPSA) is 30.7 Å². The Morgan fingerprint density at radius 1 is 0.719 bits per heavy atom. The molecule has 0 fully saturated rings. The maximum absolute atomic E-state index is 4.75. The molecule has 32 heavy (non-hydrogen) atoms. The maximum Gasteiger partial charge on any atom is 0.113 e. The summed E-state index contributed by atoms with van der Waals surface area (Å²) in [6.07, 6.45) is 1.07. The molecule has 3 nitrogen and oxygen atoms in total. The summed E-state index contributed by atoms with van der Waals surface area (Å²) < 4.78 is 0.